The lowest BCUT2D eigenvalue weighted by Gasteiger charge is -2.36. The number of likely N-dealkylation sites (tertiary alicyclic amines) is 1. The van der Waals surface area contributed by atoms with Crippen molar-refractivity contribution >= 4 is 17.7 Å². The van der Waals surface area contributed by atoms with Crippen LogP contribution in [0.4, 0.5) is 0 Å². The molecule has 0 aromatic heterocycles. The average molecular weight is 384 g/mol. The Morgan fingerprint density at radius 1 is 1.21 bits per heavy atom. The van der Waals surface area contributed by atoms with Crippen LogP contribution in [-0.4, -0.2) is 52.7 Å². The van der Waals surface area contributed by atoms with Gasteiger partial charge in [-0.15, -0.1) is 0 Å². The molecule has 2 saturated heterocycles. The molecule has 3 aliphatic heterocycles. The van der Waals surface area contributed by atoms with E-state index in [0.29, 0.717) is 30.5 Å². The summed E-state index contributed by atoms with van der Waals surface area (Å²) >= 11 is 0. The second-order valence-electron chi connectivity index (χ2n) is 8.25. The molecule has 150 valence electrons. The Labute approximate surface area is 165 Å². The van der Waals surface area contributed by atoms with Gasteiger partial charge in [-0.2, -0.15) is 0 Å². The zero-order valence-electron chi connectivity index (χ0n) is 16.3. The summed E-state index contributed by atoms with van der Waals surface area (Å²) in [6, 6.07) is 5.72. The van der Waals surface area contributed by atoms with E-state index in [9.17, 15) is 14.4 Å². The first-order valence-corrected chi connectivity index (χ1v) is 10.2. The van der Waals surface area contributed by atoms with Crippen LogP contribution in [0.5, 0.6) is 0 Å². The molecule has 3 N–H and O–H groups in total. The van der Waals surface area contributed by atoms with Gasteiger partial charge in [-0.3, -0.25) is 24.6 Å². The lowest BCUT2D eigenvalue weighted by atomic mass is 9.90. The van der Waals surface area contributed by atoms with E-state index in [2.05, 4.69) is 23.2 Å². The second-order valence-corrected chi connectivity index (χ2v) is 8.25. The van der Waals surface area contributed by atoms with Crippen molar-refractivity contribution in [3.05, 3.63) is 34.9 Å². The third-order valence-electron chi connectivity index (χ3n) is 6.40. The van der Waals surface area contributed by atoms with Crippen molar-refractivity contribution in [1.29, 1.82) is 0 Å². The molecule has 7 heteroatoms. The minimum absolute atomic E-state index is 0.119. The normalized spacial score (nSPS) is 28.4. The van der Waals surface area contributed by atoms with Crippen molar-refractivity contribution in [2.45, 2.75) is 57.8 Å². The summed E-state index contributed by atoms with van der Waals surface area (Å²) in [5.74, 6) is -0.217. The molecule has 1 aromatic rings. The first-order chi connectivity index (χ1) is 13.5. The van der Waals surface area contributed by atoms with Crippen LogP contribution in [-0.2, 0) is 22.7 Å². The number of hydrogen-bond acceptors (Lipinski definition) is 5. The molecular weight excluding hydrogens is 356 g/mol. The summed E-state index contributed by atoms with van der Waals surface area (Å²) in [5, 5.41) is 2.34. The van der Waals surface area contributed by atoms with Crippen molar-refractivity contribution in [3.63, 3.8) is 0 Å². The zero-order chi connectivity index (χ0) is 19.8. The molecule has 4 rings (SSSR count). The number of piperidine rings is 2. The van der Waals surface area contributed by atoms with E-state index in [0.717, 1.165) is 38.0 Å². The maximum absolute atomic E-state index is 12.8. The molecule has 3 unspecified atom stereocenters. The van der Waals surface area contributed by atoms with Gasteiger partial charge in [0, 0.05) is 37.7 Å². The Morgan fingerprint density at radius 2 is 2.04 bits per heavy atom. The maximum atomic E-state index is 12.8. The molecule has 1 aromatic carbocycles. The molecule has 3 atom stereocenters. The van der Waals surface area contributed by atoms with E-state index >= 15 is 0 Å². The fourth-order valence-corrected chi connectivity index (χ4v) is 4.69. The fraction of sp³-hybridized carbons (Fsp3) is 0.571. The number of amides is 3. The number of benzene rings is 1. The second kappa shape index (κ2) is 7.64. The standard InChI is InChI=1S/C21H28N4O3/c1-2-14-11-24(8-7-17(14)22)10-13-3-4-16-15(9-13)12-25(21(16)28)18-5-6-19(26)23-20(18)27/h3-4,9,14,17-18H,2,5-8,10-12,22H2,1H3,(H,23,26,27). The highest BCUT2D eigenvalue weighted by molar-refractivity contribution is 6.05. The van der Waals surface area contributed by atoms with E-state index < -0.39 is 6.04 Å². The molecule has 28 heavy (non-hydrogen) atoms. The van der Waals surface area contributed by atoms with Gasteiger partial charge in [0.2, 0.25) is 11.8 Å². The summed E-state index contributed by atoms with van der Waals surface area (Å²) in [6.07, 6.45) is 2.78. The smallest absolute Gasteiger partial charge is 0.255 e. The van der Waals surface area contributed by atoms with E-state index in [1.807, 2.05) is 12.1 Å². The SMILES string of the molecule is CCC1CN(Cc2ccc3c(c2)CN(C2CCC(=O)NC2=O)C3=O)CCC1N. The van der Waals surface area contributed by atoms with Crippen LogP contribution in [0.15, 0.2) is 18.2 Å². The number of nitrogens with zero attached hydrogens (tertiary/aromatic N) is 2. The highest BCUT2D eigenvalue weighted by atomic mass is 16.2. The Bertz CT molecular complexity index is 809. The molecule has 0 radical (unpaired) electrons. The van der Waals surface area contributed by atoms with Gasteiger partial charge in [0.05, 0.1) is 0 Å². The lowest BCUT2D eigenvalue weighted by Crippen LogP contribution is -2.52. The van der Waals surface area contributed by atoms with Crippen LogP contribution in [0.2, 0.25) is 0 Å². The molecule has 3 aliphatic rings. The van der Waals surface area contributed by atoms with Crippen LogP contribution in [0, 0.1) is 5.92 Å². The van der Waals surface area contributed by atoms with E-state index in [4.69, 9.17) is 5.73 Å². The third-order valence-corrected chi connectivity index (χ3v) is 6.40. The van der Waals surface area contributed by atoms with E-state index in [-0.39, 0.29) is 24.1 Å². The molecule has 0 bridgehead atoms. The predicted molar refractivity (Wildman–Crippen MR) is 104 cm³/mol. The molecule has 2 fully saturated rings. The summed E-state index contributed by atoms with van der Waals surface area (Å²) in [7, 11) is 0. The van der Waals surface area contributed by atoms with Crippen LogP contribution < -0.4 is 11.1 Å². The van der Waals surface area contributed by atoms with Gasteiger partial charge in [-0.1, -0.05) is 25.5 Å². The average Bonchev–Trinajstić information content (AvgIpc) is 2.99. The number of nitrogens with one attached hydrogen (secondary N) is 1. The molecule has 3 heterocycles. The number of fused-ring (bicyclic) bond motifs is 1. The van der Waals surface area contributed by atoms with Crippen LogP contribution in [0.3, 0.4) is 0 Å². The number of nitrogens with two attached hydrogens (primary N) is 1. The summed E-state index contributed by atoms with van der Waals surface area (Å²) < 4.78 is 0. The first kappa shape index (κ1) is 19.1. The first-order valence-electron chi connectivity index (χ1n) is 10.2. The van der Waals surface area contributed by atoms with Gasteiger partial charge < -0.3 is 10.6 Å². The quantitative estimate of drug-likeness (QED) is 0.756. The van der Waals surface area contributed by atoms with Gasteiger partial charge in [0.25, 0.3) is 5.91 Å². The van der Waals surface area contributed by atoms with Gasteiger partial charge in [0.15, 0.2) is 0 Å². The van der Waals surface area contributed by atoms with Crippen molar-refractivity contribution < 1.29 is 14.4 Å². The molecule has 0 saturated carbocycles. The Morgan fingerprint density at radius 3 is 2.79 bits per heavy atom. The molecule has 0 spiro atoms. The minimum atomic E-state index is -0.560. The Hall–Kier alpha value is -2.25. The third kappa shape index (κ3) is 3.56. The Balaban J connectivity index is 1.45. The van der Waals surface area contributed by atoms with Gasteiger partial charge in [0.1, 0.15) is 6.04 Å². The van der Waals surface area contributed by atoms with Gasteiger partial charge >= 0.3 is 0 Å². The monoisotopic (exact) mass is 384 g/mol. The largest absolute Gasteiger partial charge is 0.327 e. The molecular formula is C21H28N4O3. The zero-order valence-corrected chi connectivity index (χ0v) is 16.3. The molecule has 0 aliphatic carbocycles. The van der Waals surface area contributed by atoms with Gasteiger partial charge in [-0.25, -0.2) is 0 Å². The number of rotatable bonds is 4. The number of carbonyl (C=O) groups is 3. The molecule has 7 nitrogen and oxygen atoms in total. The van der Waals surface area contributed by atoms with Crippen molar-refractivity contribution in [2.75, 3.05) is 13.1 Å². The van der Waals surface area contributed by atoms with Crippen LogP contribution in [0.25, 0.3) is 0 Å². The Kier molecular flexibility index (Phi) is 5.21. The van der Waals surface area contributed by atoms with Crippen molar-refractivity contribution in [3.8, 4) is 0 Å². The topological polar surface area (TPSA) is 95.7 Å². The van der Waals surface area contributed by atoms with Crippen LogP contribution >= 0.6 is 0 Å². The molecule has 3 amide bonds. The summed E-state index contributed by atoms with van der Waals surface area (Å²) in [6.45, 7) is 5.48. The summed E-state index contributed by atoms with van der Waals surface area (Å²) in [4.78, 5) is 40.4. The number of carbonyl (C=O) groups excluding carboxylic acids is 3. The van der Waals surface area contributed by atoms with E-state index in [1.165, 1.54) is 5.56 Å². The van der Waals surface area contributed by atoms with Crippen molar-refractivity contribution in [1.82, 2.24) is 15.1 Å². The maximum Gasteiger partial charge on any atom is 0.255 e. The van der Waals surface area contributed by atoms with Crippen LogP contribution in [0.1, 0.15) is 54.1 Å². The van der Waals surface area contributed by atoms with Gasteiger partial charge in [-0.05, 0) is 42.5 Å². The number of imide groups is 1. The predicted octanol–water partition coefficient (Wildman–Crippen LogP) is 1.01. The highest BCUT2D eigenvalue weighted by Gasteiger charge is 2.39. The number of hydrogen-bond donors (Lipinski definition) is 2. The van der Waals surface area contributed by atoms with Crippen molar-refractivity contribution in [2.24, 2.45) is 11.7 Å². The fourth-order valence-electron chi connectivity index (χ4n) is 4.69. The minimum Gasteiger partial charge on any atom is -0.327 e. The van der Waals surface area contributed by atoms with E-state index in [1.54, 1.807) is 4.90 Å². The highest BCUT2D eigenvalue weighted by Crippen LogP contribution is 2.29. The summed E-state index contributed by atoms with van der Waals surface area (Å²) in [5.41, 5.74) is 9.03. The lowest BCUT2D eigenvalue weighted by molar-refractivity contribution is -0.136.